The molecule has 4 heteroatoms. The Labute approximate surface area is 123 Å². The monoisotopic (exact) mass is 276 g/mol. The number of piperidine rings is 1. The van der Waals surface area contributed by atoms with Gasteiger partial charge in [0.2, 0.25) is 0 Å². The quantitative estimate of drug-likeness (QED) is 0.892. The van der Waals surface area contributed by atoms with E-state index in [-0.39, 0.29) is 0 Å². The molecule has 1 aliphatic heterocycles. The molecule has 2 N–H and O–H groups in total. The fourth-order valence-corrected chi connectivity index (χ4v) is 2.96. The molecule has 0 atom stereocenters. The maximum Gasteiger partial charge on any atom is 0.129 e. The number of hydrogen-bond donors (Lipinski definition) is 1. The highest BCUT2D eigenvalue weighted by Gasteiger charge is 2.21. The van der Waals surface area contributed by atoms with Crippen molar-refractivity contribution < 1.29 is 0 Å². The second kappa shape index (κ2) is 7.04. The number of anilines is 1. The van der Waals surface area contributed by atoms with Crippen LogP contribution in [0.1, 0.15) is 31.0 Å². The van der Waals surface area contributed by atoms with E-state index in [1.165, 1.54) is 24.9 Å². The summed E-state index contributed by atoms with van der Waals surface area (Å²) in [5.74, 6) is 1.94. The van der Waals surface area contributed by atoms with Crippen molar-refractivity contribution in [1.29, 1.82) is 0 Å². The Kier molecular flexibility index (Phi) is 5.38. The Morgan fingerprint density at radius 2 is 2.00 bits per heavy atom. The summed E-state index contributed by atoms with van der Waals surface area (Å²) in [7, 11) is 4.32. The van der Waals surface area contributed by atoms with E-state index in [2.05, 4.69) is 43.0 Å². The molecule has 1 aromatic rings. The molecule has 1 aliphatic rings. The van der Waals surface area contributed by atoms with Crippen LogP contribution in [0, 0.1) is 5.92 Å². The predicted octanol–water partition coefficient (Wildman–Crippen LogP) is 1.88. The smallest absolute Gasteiger partial charge is 0.129 e. The zero-order valence-electron chi connectivity index (χ0n) is 13.1. The summed E-state index contributed by atoms with van der Waals surface area (Å²) in [6.07, 6.45) is 3.49. The van der Waals surface area contributed by atoms with Gasteiger partial charge in [0.05, 0.1) is 0 Å². The topological polar surface area (TPSA) is 45.4 Å². The van der Waals surface area contributed by atoms with Gasteiger partial charge in [0.15, 0.2) is 0 Å². The van der Waals surface area contributed by atoms with Crippen LogP contribution in [0.4, 0.5) is 5.82 Å². The third-order valence-electron chi connectivity index (χ3n) is 4.08. The van der Waals surface area contributed by atoms with Gasteiger partial charge in [-0.15, -0.1) is 0 Å². The van der Waals surface area contributed by atoms with Gasteiger partial charge in [-0.1, -0.05) is 6.92 Å². The second-order valence-corrected chi connectivity index (χ2v) is 6.08. The lowest BCUT2D eigenvalue weighted by Crippen LogP contribution is -2.37. The fourth-order valence-electron chi connectivity index (χ4n) is 2.96. The molecule has 2 heterocycles. The minimum absolute atomic E-state index is 0.597. The number of nitrogens with two attached hydrogens (primary N) is 1. The van der Waals surface area contributed by atoms with Crippen LogP contribution in [-0.4, -0.2) is 43.6 Å². The Bertz CT molecular complexity index is 400. The third kappa shape index (κ3) is 3.93. The van der Waals surface area contributed by atoms with Gasteiger partial charge < -0.3 is 15.5 Å². The van der Waals surface area contributed by atoms with E-state index in [0.717, 1.165) is 36.9 Å². The number of pyridine rings is 1. The maximum atomic E-state index is 5.80. The van der Waals surface area contributed by atoms with Crippen LogP contribution in [0.3, 0.4) is 0 Å². The number of nitrogens with zero attached hydrogens (tertiary/aromatic N) is 3. The van der Waals surface area contributed by atoms with Crippen molar-refractivity contribution in [3.8, 4) is 0 Å². The zero-order chi connectivity index (χ0) is 14.5. The summed E-state index contributed by atoms with van der Waals surface area (Å²) in [6, 6.07) is 4.29. The first-order valence-corrected chi connectivity index (χ1v) is 7.72. The van der Waals surface area contributed by atoms with Crippen molar-refractivity contribution in [2.45, 2.75) is 32.7 Å². The lowest BCUT2D eigenvalue weighted by molar-refractivity contribution is 0.284. The van der Waals surface area contributed by atoms with E-state index in [4.69, 9.17) is 10.7 Å². The molecular weight excluding hydrogens is 248 g/mol. The number of rotatable bonds is 5. The van der Waals surface area contributed by atoms with Crippen molar-refractivity contribution in [1.82, 2.24) is 9.88 Å². The van der Waals surface area contributed by atoms with Gasteiger partial charge in [0, 0.05) is 31.9 Å². The molecule has 0 amide bonds. The summed E-state index contributed by atoms with van der Waals surface area (Å²) in [6.45, 7) is 6.17. The average Bonchev–Trinajstić information content (AvgIpc) is 2.46. The van der Waals surface area contributed by atoms with E-state index in [1.807, 2.05) is 0 Å². The van der Waals surface area contributed by atoms with Crippen LogP contribution in [0.25, 0.3) is 0 Å². The van der Waals surface area contributed by atoms with Crippen LogP contribution in [0.2, 0.25) is 0 Å². The Balaban J connectivity index is 2.02. The highest BCUT2D eigenvalue weighted by atomic mass is 15.2. The molecule has 2 rings (SSSR count). The minimum Gasteiger partial charge on any atom is -0.357 e. The molecule has 0 unspecified atom stereocenters. The Morgan fingerprint density at radius 1 is 1.30 bits per heavy atom. The first-order valence-electron chi connectivity index (χ1n) is 7.72. The molecule has 0 saturated carbocycles. The molecule has 20 heavy (non-hydrogen) atoms. The molecule has 0 spiro atoms. The maximum absolute atomic E-state index is 5.80. The largest absolute Gasteiger partial charge is 0.357 e. The fraction of sp³-hybridized carbons (Fsp3) is 0.688. The van der Waals surface area contributed by atoms with Gasteiger partial charge in [0.1, 0.15) is 5.82 Å². The van der Waals surface area contributed by atoms with Crippen molar-refractivity contribution in [2.75, 3.05) is 38.6 Å². The molecular formula is C16H28N4. The van der Waals surface area contributed by atoms with Gasteiger partial charge in [-0.05, 0) is 57.0 Å². The summed E-state index contributed by atoms with van der Waals surface area (Å²) in [4.78, 5) is 9.49. The summed E-state index contributed by atoms with van der Waals surface area (Å²) in [5.41, 5.74) is 8.14. The zero-order valence-corrected chi connectivity index (χ0v) is 13.1. The Hall–Kier alpha value is -1.13. The van der Waals surface area contributed by atoms with Crippen molar-refractivity contribution in [3.63, 3.8) is 0 Å². The van der Waals surface area contributed by atoms with Crippen LogP contribution < -0.4 is 10.6 Å². The van der Waals surface area contributed by atoms with Crippen molar-refractivity contribution >= 4 is 5.82 Å². The SMILES string of the molecule is CCc1cc(CN)cc(N2CCC(CN(C)C)CC2)n1. The number of hydrogen-bond acceptors (Lipinski definition) is 4. The molecule has 1 aromatic heterocycles. The third-order valence-corrected chi connectivity index (χ3v) is 4.08. The lowest BCUT2D eigenvalue weighted by atomic mass is 9.96. The highest BCUT2D eigenvalue weighted by Crippen LogP contribution is 2.23. The van der Waals surface area contributed by atoms with Crippen LogP contribution in [0.5, 0.6) is 0 Å². The summed E-state index contributed by atoms with van der Waals surface area (Å²) < 4.78 is 0. The number of aromatic nitrogens is 1. The normalized spacial score (nSPS) is 16.9. The molecule has 0 aromatic carbocycles. The van der Waals surface area contributed by atoms with Gasteiger partial charge in [-0.25, -0.2) is 4.98 Å². The second-order valence-electron chi connectivity index (χ2n) is 6.08. The first-order chi connectivity index (χ1) is 9.62. The number of aryl methyl sites for hydroxylation is 1. The van der Waals surface area contributed by atoms with Gasteiger partial charge in [0.25, 0.3) is 0 Å². The van der Waals surface area contributed by atoms with Crippen LogP contribution in [-0.2, 0) is 13.0 Å². The van der Waals surface area contributed by atoms with Gasteiger partial charge >= 0.3 is 0 Å². The predicted molar refractivity (Wildman–Crippen MR) is 85.0 cm³/mol. The molecule has 4 nitrogen and oxygen atoms in total. The van der Waals surface area contributed by atoms with Gasteiger partial charge in [-0.2, -0.15) is 0 Å². The lowest BCUT2D eigenvalue weighted by Gasteiger charge is -2.34. The minimum atomic E-state index is 0.597. The van der Waals surface area contributed by atoms with E-state index in [0.29, 0.717) is 6.54 Å². The van der Waals surface area contributed by atoms with Gasteiger partial charge in [-0.3, -0.25) is 0 Å². The van der Waals surface area contributed by atoms with Crippen molar-refractivity contribution in [3.05, 3.63) is 23.4 Å². The van der Waals surface area contributed by atoms with E-state index >= 15 is 0 Å². The van der Waals surface area contributed by atoms with Crippen molar-refractivity contribution in [2.24, 2.45) is 11.7 Å². The van der Waals surface area contributed by atoms with Crippen LogP contribution >= 0.6 is 0 Å². The summed E-state index contributed by atoms with van der Waals surface area (Å²) in [5, 5.41) is 0. The molecule has 1 fully saturated rings. The molecule has 1 saturated heterocycles. The van der Waals surface area contributed by atoms with E-state index in [9.17, 15) is 0 Å². The summed E-state index contributed by atoms with van der Waals surface area (Å²) >= 11 is 0. The first kappa shape index (κ1) is 15.3. The van der Waals surface area contributed by atoms with E-state index < -0.39 is 0 Å². The molecule has 0 aliphatic carbocycles. The molecule has 0 bridgehead atoms. The molecule has 112 valence electrons. The highest BCUT2D eigenvalue weighted by molar-refractivity contribution is 5.43. The van der Waals surface area contributed by atoms with Crippen LogP contribution in [0.15, 0.2) is 12.1 Å². The Morgan fingerprint density at radius 3 is 2.55 bits per heavy atom. The molecule has 0 radical (unpaired) electrons. The van der Waals surface area contributed by atoms with E-state index in [1.54, 1.807) is 0 Å². The average molecular weight is 276 g/mol. The standard InChI is InChI=1S/C16H28N4/c1-4-15-9-14(11-17)10-16(18-15)20-7-5-13(6-8-20)12-19(2)3/h9-10,13H,4-8,11-12,17H2,1-3H3.